The summed E-state index contributed by atoms with van der Waals surface area (Å²) in [6.07, 6.45) is 7.88. The molecule has 0 aliphatic carbocycles. The normalized spacial score (nSPS) is 18.2. The lowest BCUT2D eigenvalue weighted by Gasteiger charge is -2.31. The number of benzene rings is 1. The SMILES string of the molecule is Cc1nn2ccc(C3CCN(S(=O)(=O)c4ccc(N(C)C)cc4)CC3)cc2c1C(=O)N1CCCCCC1. The van der Waals surface area contributed by atoms with E-state index in [9.17, 15) is 13.2 Å². The molecule has 0 saturated carbocycles. The number of aromatic nitrogens is 2. The number of hydrogen-bond donors (Lipinski definition) is 0. The van der Waals surface area contributed by atoms with Crippen LogP contribution < -0.4 is 4.90 Å². The quantitative estimate of drug-likeness (QED) is 0.499. The molecule has 2 fully saturated rings. The topological polar surface area (TPSA) is 78.2 Å². The molecule has 0 atom stereocenters. The lowest BCUT2D eigenvalue weighted by atomic mass is 9.90. The van der Waals surface area contributed by atoms with Gasteiger partial charge in [-0.25, -0.2) is 12.9 Å². The zero-order chi connectivity index (χ0) is 26.2. The summed E-state index contributed by atoms with van der Waals surface area (Å²) in [6.45, 7) is 4.48. The predicted octanol–water partition coefficient (Wildman–Crippen LogP) is 4.29. The van der Waals surface area contributed by atoms with E-state index in [1.54, 1.807) is 21.0 Å². The van der Waals surface area contributed by atoms with Crippen molar-refractivity contribution in [3.05, 3.63) is 59.4 Å². The number of anilines is 1. The van der Waals surface area contributed by atoms with Gasteiger partial charge in [0.15, 0.2) is 0 Å². The maximum Gasteiger partial charge on any atom is 0.257 e. The van der Waals surface area contributed by atoms with Crippen LogP contribution in [0.1, 0.15) is 66.1 Å². The van der Waals surface area contributed by atoms with Crippen molar-refractivity contribution in [1.29, 1.82) is 0 Å². The molecule has 0 radical (unpaired) electrons. The van der Waals surface area contributed by atoms with Gasteiger partial charge in [0.1, 0.15) is 0 Å². The van der Waals surface area contributed by atoms with Crippen LogP contribution in [0.4, 0.5) is 5.69 Å². The van der Waals surface area contributed by atoms with Crippen molar-refractivity contribution in [2.45, 2.75) is 56.3 Å². The fourth-order valence-electron chi connectivity index (χ4n) is 5.62. The van der Waals surface area contributed by atoms with Crippen molar-refractivity contribution >= 4 is 27.1 Å². The highest BCUT2D eigenvalue weighted by Gasteiger charge is 2.31. The second kappa shape index (κ2) is 10.5. The van der Waals surface area contributed by atoms with E-state index in [4.69, 9.17) is 0 Å². The van der Waals surface area contributed by atoms with Crippen molar-refractivity contribution in [3.63, 3.8) is 0 Å². The van der Waals surface area contributed by atoms with Gasteiger partial charge in [-0.3, -0.25) is 4.79 Å². The van der Waals surface area contributed by atoms with Crippen molar-refractivity contribution in [2.75, 3.05) is 45.2 Å². The number of pyridine rings is 1. The lowest BCUT2D eigenvalue weighted by molar-refractivity contribution is 0.0763. The van der Waals surface area contributed by atoms with Crippen molar-refractivity contribution in [3.8, 4) is 0 Å². The van der Waals surface area contributed by atoms with Crippen LogP contribution in [0, 0.1) is 6.92 Å². The summed E-state index contributed by atoms with van der Waals surface area (Å²) in [6, 6.07) is 11.2. The Labute approximate surface area is 219 Å². The maximum absolute atomic E-state index is 13.5. The zero-order valence-corrected chi connectivity index (χ0v) is 22.9. The number of amides is 1. The second-order valence-electron chi connectivity index (χ2n) is 10.5. The monoisotopic (exact) mass is 523 g/mol. The summed E-state index contributed by atoms with van der Waals surface area (Å²) in [7, 11) is 0.346. The number of fused-ring (bicyclic) bond motifs is 1. The molecule has 5 rings (SSSR count). The number of hydrogen-bond acceptors (Lipinski definition) is 5. The smallest absolute Gasteiger partial charge is 0.257 e. The molecule has 1 aromatic carbocycles. The summed E-state index contributed by atoms with van der Waals surface area (Å²) in [4.78, 5) is 17.8. The van der Waals surface area contributed by atoms with Crippen molar-refractivity contribution < 1.29 is 13.2 Å². The molecule has 1 amide bonds. The van der Waals surface area contributed by atoms with Crippen LogP contribution >= 0.6 is 0 Å². The van der Waals surface area contributed by atoms with E-state index in [1.807, 2.05) is 49.1 Å². The van der Waals surface area contributed by atoms with Crippen LogP contribution in [0.5, 0.6) is 0 Å². The van der Waals surface area contributed by atoms with E-state index in [-0.39, 0.29) is 11.8 Å². The number of carbonyl (C=O) groups is 1. The third-order valence-corrected chi connectivity index (χ3v) is 9.77. The Bertz CT molecular complexity index is 1360. The molecule has 0 bridgehead atoms. The molecule has 4 heterocycles. The fourth-order valence-corrected chi connectivity index (χ4v) is 7.09. The van der Waals surface area contributed by atoms with E-state index in [1.165, 1.54) is 12.8 Å². The molecule has 2 aliphatic heterocycles. The summed E-state index contributed by atoms with van der Waals surface area (Å²) in [5, 5.41) is 4.61. The van der Waals surface area contributed by atoms with Crippen LogP contribution in [0.25, 0.3) is 5.52 Å². The highest BCUT2D eigenvalue weighted by molar-refractivity contribution is 7.89. The van der Waals surface area contributed by atoms with E-state index in [0.717, 1.165) is 61.2 Å². The molecule has 2 aromatic heterocycles. The fraction of sp³-hybridized carbons (Fsp3) is 0.500. The Morgan fingerprint density at radius 1 is 0.946 bits per heavy atom. The first kappa shape index (κ1) is 25.7. The third-order valence-electron chi connectivity index (χ3n) is 7.86. The number of piperidine rings is 1. The average molecular weight is 524 g/mol. The van der Waals surface area contributed by atoms with Gasteiger partial charge in [-0.05, 0) is 80.5 Å². The molecule has 2 aliphatic rings. The zero-order valence-electron chi connectivity index (χ0n) is 22.1. The third kappa shape index (κ3) is 5.11. The summed E-state index contributed by atoms with van der Waals surface area (Å²) < 4.78 is 29.9. The van der Waals surface area contributed by atoms with Gasteiger partial charge >= 0.3 is 0 Å². The molecule has 9 heteroatoms. The molecule has 0 unspecified atom stereocenters. The van der Waals surface area contributed by atoms with Crippen LogP contribution in [0.3, 0.4) is 0 Å². The first-order valence-electron chi connectivity index (χ1n) is 13.3. The molecule has 0 spiro atoms. The predicted molar refractivity (Wildman–Crippen MR) is 146 cm³/mol. The number of aryl methyl sites for hydroxylation is 1. The van der Waals surface area contributed by atoms with Crippen LogP contribution in [-0.2, 0) is 10.0 Å². The van der Waals surface area contributed by atoms with Gasteiger partial charge in [-0.1, -0.05) is 12.8 Å². The number of carbonyl (C=O) groups excluding carboxylic acids is 1. The number of sulfonamides is 1. The first-order chi connectivity index (χ1) is 17.8. The summed E-state index contributed by atoms with van der Waals surface area (Å²) in [5.41, 5.74) is 4.42. The molecule has 0 N–H and O–H groups in total. The maximum atomic E-state index is 13.5. The Morgan fingerprint density at radius 3 is 2.22 bits per heavy atom. The standard InChI is InChI=1S/C28H37N5O3S/c1-21-27(28(34)31-15-6-4-5-7-16-31)26-20-23(14-19-33(26)29-21)22-12-17-32(18-13-22)37(35,36)25-10-8-24(9-11-25)30(2)3/h8-11,14,19-20,22H,4-7,12-13,15-18H2,1-3H3. The van der Waals surface area contributed by atoms with Gasteiger partial charge in [0.25, 0.3) is 5.91 Å². The number of rotatable bonds is 5. The van der Waals surface area contributed by atoms with Crippen LogP contribution in [0.2, 0.25) is 0 Å². The Morgan fingerprint density at radius 2 is 1.59 bits per heavy atom. The summed E-state index contributed by atoms with van der Waals surface area (Å²) in [5.74, 6) is 0.316. The van der Waals surface area contributed by atoms with E-state index < -0.39 is 10.0 Å². The van der Waals surface area contributed by atoms with Gasteiger partial charge < -0.3 is 9.80 Å². The minimum absolute atomic E-state index is 0.0766. The molecule has 37 heavy (non-hydrogen) atoms. The molecular weight excluding hydrogens is 486 g/mol. The molecular formula is C28H37N5O3S. The van der Waals surface area contributed by atoms with Crippen LogP contribution in [0.15, 0.2) is 47.5 Å². The van der Waals surface area contributed by atoms with Crippen LogP contribution in [-0.4, -0.2) is 73.4 Å². The van der Waals surface area contributed by atoms with Gasteiger partial charge in [-0.2, -0.15) is 9.40 Å². The number of likely N-dealkylation sites (tertiary alicyclic amines) is 1. The van der Waals surface area contributed by atoms with E-state index >= 15 is 0 Å². The van der Waals surface area contributed by atoms with Gasteiger partial charge in [0.05, 0.1) is 21.7 Å². The molecule has 2 saturated heterocycles. The highest BCUT2D eigenvalue weighted by atomic mass is 32.2. The average Bonchev–Trinajstić information content (AvgIpc) is 3.05. The van der Waals surface area contributed by atoms with E-state index in [0.29, 0.717) is 23.5 Å². The molecule has 198 valence electrons. The summed E-state index contributed by atoms with van der Waals surface area (Å²) >= 11 is 0. The highest BCUT2D eigenvalue weighted by Crippen LogP contribution is 2.32. The Balaban J connectivity index is 1.33. The number of nitrogens with zero attached hydrogens (tertiary/aromatic N) is 5. The van der Waals surface area contributed by atoms with Gasteiger partial charge in [-0.15, -0.1) is 0 Å². The first-order valence-corrected chi connectivity index (χ1v) is 14.8. The molecule has 3 aromatic rings. The van der Waals surface area contributed by atoms with Crippen molar-refractivity contribution in [1.82, 2.24) is 18.8 Å². The van der Waals surface area contributed by atoms with Gasteiger partial charge in [0.2, 0.25) is 10.0 Å². The largest absolute Gasteiger partial charge is 0.378 e. The minimum Gasteiger partial charge on any atom is -0.378 e. The van der Waals surface area contributed by atoms with E-state index in [2.05, 4.69) is 17.2 Å². The molecule has 8 nitrogen and oxygen atoms in total. The lowest BCUT2D eigenvalue weighted by Crippen LogP contribution is -2.37. The second-order valence-corrected chi connectivity index (χ2v) is 12.5. The Hall–Kier alpha value is -2.91. The van der Waals surface area contributed by atoms with Crippen molar-refractivity contribution in [2.24, 2.45) is 0 Å². The Kier molecular flexibility index (Phi) is 7.27. The van der Waals surface area contributed by atoms with Gasteiger partial charge in [0, 0.05) is 52.2 Å². The minimum atomic E-state index is -3.52.